The minimum absolute atomic E-state index is 0.572. The Morgan fingerprint density at radius 3 is 1.77 bits per heavy atom. The molecule has 0 saturated carbocycles. The van der Waals surface area contributed by atoms with Crippen molar-refractivity contribution in [1.82, 2.24) is 19.5 Å². The van der Waals surface area contributed by atoms with E-state index < -0.39 is 0 Å². The van der Waals surface area contributed by atoms with E-state index in [2.05, 4.69) is 83.4 Å². The lowest BCUT2D eigenvalue weighted by molar-refractivity contribution is 0.955. The minimum Gasteiger partial charge on any atom is -0.277 e. The van der Waals surface area contributed by atoms with Gasteiger partial charge in [0, 0.05) is 27.3 Å². The van der Waals surface area contributed by atoms with Gasteiger partial charge >= 0.3 is 0 Å². The summed E-state index contributed by atoms with van der Waals surface area (Å²) < 4.78 is 2.18. The first-order valence-corrected chi connectivity index (χ1v) is 14.1. The predicted octanol–water partition coefficient (Wildman–Crippen LogP) is 8.99. The van der Waals surface area contributed by atoms with Crippen molar-refractivity contribution in [1.29, 1.82) is 5.26 Å². The summed E-state index contributed by atoms with van der Waals surface area (Å²) in [7, 11) is 0. The first-order valence-electron chi connectivity index (χ1n) is 14.1. The summed E-state index contributed by atoms with van der Waals surface area (Å²) in [5.41, 5.74) is 6.68. The van der Waals surface area contributed by atoms with Gasteiger partial charge in [0.05, 0.1) is 22.7 Å². The zero-order chi connectivity index (χ0) is 28.8. The zero-order valence-electron chi connectivity index (χ0n) is 23.0. The van der Waals surface area contributed by atoms with E-state index in [1.54, 1.807) is 0 Å². The summed E-state index contributed by atoms with van der Waals surface area (Å²) >= 11 is 0. The Bertz CT molecular complexity index is 2330. The number of rotatable bonds is 4. The molecule has 0 radical (unpaired) electrons. The van der Waals surface area contributed by atoms with E-state index in [1.807, 2.05) is 66.7 Å². The molecule has 2 heterocycles. The van der Waals surface area contributed by atoms with Crippen LogP contribution in [0.4, 0.5) is 0 Å². The molecule has 0 spiro atoms. The Kier molecular flexibility index (Phi) is 5.77. The lowest BCUT2D eigenvalue weighted by atomic mass is 10.0. The molecule has 43 heavy (non-hydrogen) atoms. The molecule has 8 aromatic rings. The Balaban J connectivity index is 1.36. The molecule has 0 bridgehead atoms. The van der Waals surface area contributed by atoms with E-state index in [4.69, 9.17) is 20.2 Å². The molecule has 0 saturated heterocycles. The van der Waals surface area contributed by atoms with Crippen LogP contribution in [0.2, 0.25) is 0 Å². The summed E-state index contributed by atoms with van der Waals surface area (Å²) in [6.45, 7) is 0. The first kappa shape index (κ1) is 24.7. The van der Waals surface area contributed by atoms with Crippen molar-refractivity contribution in [3.63, 3.8) is 0 Å². The van der Waals surface area contributed by atoms with Crippen LogP contribution in [0.1, 0.15) is 5.56 Å². The van der Waals surface area contributed by atoms with Crippen LogP contribution in [0.3, 0.4) is 0 Å². The Morgan fingerprint density at radius 1 is 0.465 bits per heavy atom. The topological polar surface area (TPSA) is 67.4 Å². The maximum absolute atomic E-state index is 9.16. The molecule has 200 valence electrons. The molecule has 5 nitrogen and oxygen atoms in total. The van der Waals surface area contributed by atoms with E-state index in [0.29, 0.717) is 23.2 Å². The van der Waals surface area contributed by atoms with Gasteiger partial charge in [-0.2, -0.15) is 15.2 Å². The Labute approximate surface area is 248 Å². The van der Waals surface area contributed by atoms with E-state index in [1.165, 1.54) is 0 Å². The monoisotopic (exact) mass is 549 g/mol. The van der Waals surface area contributed by atoms with Crippen LogP contribution in [0, 0.1) is 11.3 Å². The van der Waals surface area contributed by atoms with E-state index in [-0.39, 0.29) is 0 Å². The average Bonchev–Trinajstić information content (AvgIpc) is 3.44. The molecule has 8 rings (SSSR count). The van der Waals surface area contributed by atoms with Crippen molar-refractivity contribution >= 4 is 32.6 Å². The largest absolute Gasteiger partial charge is 0.277 e. The standard InChI is InChI=1S/C38H23N5/c39-24-25-14-16-26(17-15-25)27-18-20-30(21-19-27)37-40-36(29-9-2-1-3-10-29)41-38(42-37)43-34-13-7-6-12-32(34)33-23-22-28-8-4-5-11-31(28)35(33)43/h1-23H. The summed E-state index contributed by atoms with van der Waals surface area (Å²) in [5.74, 6) is 1.78. The molecule has 0 unspecified atom stereocenters. The maximum Gasteiger partial charge on any atom is 0.238 e. The summed E-state index contributed by atoms with van der Waals surface area (Å²) in [6.07, 6.45) is 0. The average molecular weight is 550 g/mol. The Morgan fingerprint density at radius 2 is 1.05 bits per heavy atom. The molecular formula is C38H23N5. The molecule has 6 aromatic carbocycles. The molecule has 0 aliphatic heterocycles. The first-order chi connectivity index (χ1) is 21.3. The van der Waals surface area contributed by atoms with Crippen molar-refractivity contribution in [2.45, 2.75) is 0 Å². The summed E-state index contributed by atoms with van der Waals surface area (Å²) in [6, 6.07) is 49.3. The van der Waals surface area contributed by atoms with E-state index in [9.17, 15) is 0 Å². The van der Waals surface area contributed by atoms with Gasteiger partial charge in [-0.25, -0.2) is 4.98 Å². The number of nitriles is 1. The van der Waals surface area contributed by atoms with Crippen LogP contribution in [0.5, 0.6) is 0 Å². The molecule has 0 fully saturated rings. The van der Waals surface area contributed by atoms with Gasteiger partial charge < -0.3 is 0 Å². The molecule has 2 aromatic heterocycles. The van der Waals surface area contributed by atoms with Crippen molar-refractivity contribution in [3.8, 4) is 45.9 Å². The molecule has 5 heteroatoms. The highest BCUT2D eigenvalue weighted by Crippen LogP contribution is 2.36. The van der Waals surface area contributed by atoms with Gasteiger partial charge in [-0.05, 0) is 34.7 Å². The number of para-hydroxylation sites is 1. The molecular weight excluding hydrogens is 526 g/mol. The van der Waals surface area contributed by atoms with Crippen LogP contribution < -0.4 is 0 Å². The number of hydrogen-bond acceptors (Lipinski definition) is 4. The molecule has 0 atom stereocenters. The van der Waals surface area contributed by atoms with Crippen molar-refractivity contribution in [3.05, 3.63) is 145 Å². The second-order valence-corrected chi connectivity index (χ2v) is 10.5. The highest BCUT2D eigenvalue weighted by molar-refractivity contribution is 6.18. The lowest BCUT2D eigenvalue weighted by Crippen LogP contribution is -2.06. The van der Waals surface area contributed by atoms with Gasteiger partial charge in [0.25, 0.3) is 0 Å². The highest BCUT2D eigenvalue weighted by atomic mass is 15.2. The third-order valence-electron chi connectivity index (χ3n) is 7.91. The molecule has 0 aliphatic rings. The van der Waals surface area contributed by atoms with Crippen molar-refractivity contribution in [2.24, 2.45) is 0 Å². The van der Waals surface area contributed by atoms with E-state index >= 15 is 0 Å². The molecule has 0 N–H and O–H groups in total. The van der Waals surface area contributed by atoms with Gasteiger partial charge in [-0.3, -0.25) is 4.57 Å². The Hall–Kier alpha value is -6.12. The van der Waals surface area contributed by atoms with Crippen LogP contribution in [-0.4, -0.2) is 19.5 Å². The number of nitrogens with zero attached hydrogens (tertiary/aromatic N) is 5. The smallest absolute Gasteiger partial charge is 0.238 e. The fraction of sp³-hybridized carbons (Fsp3) is 0. The van der Waals surface area contributed by atoms with Gasteiger partial charge in [-0.15, -0.1) is 0 Å². The maximum atomic E-state index is 9.16. The van der Waals surface area contributed by atoms with Crippen molar-refractivity contribution in [2.75, 3.05) is 0 Å². The zero-order valence-corrected chi connectivity index (χ0v) is 23.0. The molecule has 0 aliphatic carbocycles. The highest BCUT2D eigenvalue weighted by Gasteiger charge is 2.19. The summed E-state index contributed by atoms with van der Waals surface area (Å²) in [4.78, 5) is 15.1. The predicted molar refractivity (Wildman–Crippen MR) is 173 cm³/mol. The van der Waals surface area contributed by atoms with Gasteiger partial charge in [0.2, 0.25) is 5.95 Å². The second kappa shape index (κ2) is 10.1. The number of fused-ring (bicyclic) bond motifs is 5. The number of hydrogen-bond donors (Lipinski definition) is 0. The lowest BCUT2D eigenvalue weighted by Gasteiger charge is -2.12. The quantitative estimate of drug-likeness (QED) is 0.220. The number of benzene rings is 6. The van der Waals surface area contributed by atoms with Crippen LogP contribution in [0.25, 0.3) is 72.4 Å². The van der Waals surface area contributed by atoms with E-state index in [0.717, 1.165) is 54.8 Å². The van der Waals surface area contributed by atoms with Gasteiger partial charge in [-0.1, -0.05) is 121 Å². The van der Waals surface area contributed by atoms with Gasteiger partial charge in [0.15, 0.2) is 11.6 Å². The minimum atomic E-state index is 0.572. The third-order valence-corrected chi connectivity index (χ3v) is 7.91. The SMILES string of the molecule is N#Cc1ccc(-c2ccc(-c3nc(-c4ccccc4)nc(-n4c5ccccc5c5ccc6ccccc6c54)n3)cc2)cc1. The van der Waals surface area contributed by atoms with Gasteiger partial charge in [0.1, 0.15) is 0 Å². The summed E-state index contributed by atoms with van der Waals surface area (Å²) in [5, 5.41) is 13.8. The van der Waals surface area contributed by atoms with Crippen LogP contribution >= 0.6 is 0 Å². The number of aromatic nitrogens is 4. The van der Waals surface area contributed by atoms with Crippen molar-refractivity contribution < 1.29 is 0 Å². The second-order valence-electron chi connectivity index (χ2n) is 10.5. The van der Waals surface area contributed by atoms with Crippen LogP contribution in [-0.2, 0) is 0 Å². The third kappa shape index (κ3) is 4.21. The van der Waals surface area contributed by atoms with Crippen LogP contribution in [0.15, 0.2) is 140 Å². The normalized spacial score (nSPS) is 11.2. The fourth-order valence-electron chi connectivity index (χ4n) is 5.80. The molecule has 0 amide bonds. The fourth-order valence-corrected chi connectivity index (χ4v) is 5.80.